The number of hydrogen-bond acceptors (Lipinski definition) is 5. The Kier molecular flexibility index (Phi) is 5.28. The van der Waals surface area contributed by atoms with Crippen LogP contribution in [0.5, 0.6) is 0 Å². The molecule has 0 saturated heterocycles. The first-order chi connectivity index (χ1) is 7.63. The van der Waals surface area contributed by atoms with Crippen molar-refractivity contribution in [3.63, 3.8) is 0 Å². The quantitative estimate of drug-likeness (QED) is 0.760. The molecule has 0 saturated carbocycles. The van der Waals surface area contributed by atoms with E-state index < -0.39 is 0 Å². The SMILES string of the molecule is CNCc1coc(N(C)CCOC(C)C)n1. The second-order valence-electron chi connectivity index (χ2n) is 3.99. The smallest absolute Gasteiger partial charge is 0.297 e. The highest BCUT2D eigenvalue weighted by molar-refractivity contribution is 5.24. The standard InChI is InChI=1S/C11H21N3O2/c1-9(2)15-6-5-14(4)11-13-10(7-12-3)8-16-11/h8-9,12H,5-7H2,1-4H3. The molecule has 0 spiro atoms. The first kappa shape index (κ1) is 13.0. The Balaban J connectivity index is 2.36. The van der Waals surface area contributed by atoms with Crippen LogP contribution < -0.4 is 10.2 Å². The molecule has 1 rings (SSSR count). The number of nitrogens with zero attached hydrogens (tertiary/aromatic N) is 2. The van der Waals surface area contributed by atoms with E-state index >= 15 is 0 Å². The molecule has 92 valence electrons. The van der Waals surface area contributed by atoms with Gasteiger partial charge in [0.05, 0.1) is 18.4 Å². The van der Waals surface area contributed by atoms with Gasteiger partial charge in [-0.25, -0.2) is 0 Å². The Bertz CT molecular complexity index is 299. The van der Waals surface area contributed by atoms with Crippen LogP contribution in [-0.4, -0.2) is 38.3 Å². The van der Waals surface area contributed by atoms with Crippen LogP contribution in [0, 0.1) is 0 Å². The van der Waals surface area contributed by atoms with Crippen molar-refractivity contribution in [3.8, 4) is 0 Å². The van der Waals surface area contributed by atoms with Crippen molar-refractivity contribution in [1.29, 1.82) is 0 Å². The van der Waals surface area contributed by atoms with Crippen molar-refractivity contribution in [2.24, 2.45) is 0 Å². The average Bonchev–Trinajstić information content (AvgIpc) is 2.66. The molecule has 1 N–H and O–H groups in total. The maximum absolute atomic E-state index is 5.46. The molecule has 0 aliphatic carbocycles. The molecule has 0 unspecified atom stereocenters. The first-order valence-corrected chi connectivity index (χ1v) is 5.55. The van der Waals surface area contributed by atoms with Gasteiger partial charge in [-0.15, -0.1) is 0 Å². The molecule has 0 fully saturated rings. The number of anilines is 1. The van der Waals surface area contributed by atoms with Crippen LogP contribution in [0.15, 0.2) is 10.7 Å². The fourth-order valence-corrected chi connectivity index (χ4v) is 1.25. The predicted molar refractivity (Wildman–Crippen MR) is 63.6 cm³/mol. The molecular formula is C11H21N3O2. The minimum atomic E-state index is 0.262. The van der Waals surface area contributed by atoms with Crippen LogP contribution in [-0.2, 0) is 11.3 Å². The van der Waals surface area contributed by atoms with Gasteiger partial charge in [0.15, 0.2) is 0 Å². The zero-order chi connectivity index (χ0) is 12.0. The number of nitrogens with one attached hydrogen (secondary N) is 1. The lowest BCUT2D eigenvalue weighted by Crippen LogP contribution is -2.24. The van der Waals surface area contributed by atoms with E-state index in [2.05, 4.69) is 10.3 Å². The third-order valence-electron chi connectivity index (χ3n) is 2.10. The number of ether oxygens (including phenoxy) is 1. The predicted octanol–water partition coefficient (Wildman–Crippen LogP) is 1.26. The van der Waals surface area contributed by atoms with Crippen LogP contribution >= 0.6 is 0 Å². The second kappa shape index (κ2) is 6.50. The van der Waals surface area contributed by atoms with Crippen molar-refractivity contribution >= 4 is 6.01 Å². The third kappa shape index (κ3) is 4.20. The molecule has 0 aliphatic heterocycles. The number of oxazole rings is 1. The molecule has 5 heteroatoms. The zero-order valence-corrected chi connectivity index (χ0v) is 10.5. The molecule has 1 aromatic heterocycles. The Morgan fingerprint density at radius 3 is 2.94 bits per heavy atom. The number of rotatable bonds is 7. The molecule has 0 aromatic carbocycles. The first-order valence-electron chi connectivity index (χ1n) is 5.55. The maximum Gasteiger partial charge on any atom is 0.297 e. The van der Waals surface area contributed by atoms with E-state index in [1.165, 1.54) is 0 Å². The molecule has 0 atom stereocenters. The molecule has 0 amide bonds. The van der Waals surface area contributed by atoms with Gasteiger partial charge in [0.25, 0.3) is 6.01 Å². The normalized spacial score (nSPS) is 11.1. The van der Waals surface area contributed by atoms with Crippen LogP contribution in [0.4, 0.5) is 6.01 Å². The summed E-state index contributed by atoms with van der Waals surface area (Å²) < 4.78 is 10.8. The van der Waals surface area contributed by atoms with Crippen molar-refractivity contribution in [1.82, 2.24) is 10.3 Å². The van der Waals surface area contributed by atoms with Crippen molar-refractivity contribution in [2.45, 2.75) is 26.5 Å². The lowest BCUT2D eigenvalue weighted by Gasteiger charge is -2.15. The summed E-state index contributed by atoms with van der Waals surface area (Å²) in [4.78, 5) is 6.28. The van der Waals surface area contributed by atoms with Gasteiger partial charge in [-0.05, 0) is 20.9 Å². The Hall–Kier alpha value is -1.07. The summed E-state index contributed by atoms with van der Waals surface area (Å²) in [5.41, 5.74) is 0.911. The number of hydrogen-bond donors (Lipinski definition) is 1. The lowest BCUT2D eigenvalue weighted by atomic mass is 10.5. The highest BCUT2D eigenvalue weighted by Crippen LogP contribution is 2.11. The summed E-state index contributed by atoms with van der Waals surface area (Å²) in [6.45, 7) is 6.22. The molecule has 1 aromatic rings. The van der Waals surface area contributed by atoms with Gasteiger partial charge < -0.3 is 19.4 Å². The van der Waals surface area contributed by atoms with Gasteiger partial charge in [-0.2, -0.15) is 4.98 Å². The maximum atomic E-state index is 5.46. The molecule has 0 radical (unpaired) electrons. The fourth-order valence-electron chi connectivity index (χ4n) is 1.25. The van der Waals surface area contributed by atoms with E-state index in [0.29, 0.717) is 12.6 Å². The van der Waals surface area contributed by atoms with E-state index in [1.54, 1.807) is 6.26 Å². The van der Waals surface area contributed by atoms with Crippen molar-refractivity contribution < 1.29 is 9.15 Å². The summed E-state index contributed by atoms with van der Waals surface area (Å²) in [5, 5.41) is 3.03. The molecule has 5 nitrogen and oxygen atoms in total. The van der Waals surface area contributed by atoms with Gasteiger partial charge in [0, 0.05) is 20.1 Å². The minimum Gasteiger partial charge on any atom is -0.432 e. The third-order valence-corrected chi connectivity index (χ3v) is 2.10. The second-order valence-corrected chi connectivity index (χ2v) is 3.99. The van der Waals surface area contributed by atoms with Gasteiger partial charge in [0.1, 0.15) is 6.26 Å². The highest BCUT2D eigenvalue weighted by atomic mass is 16.5. The van der Waals surface area contributed by atoms with Crippen LogP contribution in [0.3, 0.4) is 0 Å². The van der Waals surface area contributed by atoms with E-state index in [0.717, 1.165) is 18.8 Å². The van der Waals surface area contributed by atoms with E-state index in [9.17, 15) is 0 Å². The number of aromatic nitrogens is 1. The minimum absolute atomic E-state index is 0.262. The molecular weight excluding hydrogens is 206 g/mol. The van der Waals surface area contributed by atoms with Crippen molar-refractivity contribution in [3.05, 3.63) is 12.0 Å². The highest BCUT2D eigenvalue weighted by Gasteiger charge is 2.08. The summed E-state index contributed by atoms with van der Waals surface area (Å²) in [6, 6.07) is 0.637. The van der Waals surface area contributed by atoms with E-state index in [4.69, 9.17) is 9.15 Å². The van der Waals surface area contributed by atoms with Crippen LogP contribution in [0.2, 0.25) is 0 Å². The Morgan fingerprint density at radius 1 is 1.56 bits per heavy atom. The Morgan fingerprint density at radius 2 is 2.31 bits per heavy atom. The van der Waals surface area contributed by atoms with Gasteiger partial charge in [-0.1, -0.05) is 0 Å². The lowest BCUT2D eigenvalue weighted by molar-refractivity contribution is 0.0841. The van der Waals surface area contributed by atoms with Crippen LogP contribution in [0.1, 0.15) is 19.5 Å². The fraction of sp³-hybridized carbons (Fsp3) is 0.727. The van der Waals surface area contributed by atoms with E-state index in [-0.39, 0.29) is 6.10 Å². The van der Waals surface area contributed by atoms with Gasteiger partial charge in [-0.3, -0.25) is 0 Å². The molecule has 1 heterocycles. The van der Waals surface area contributed by atoms with Crippen molar-refractivity contribution in [2.75, 3.05) is 32.1 Å². The summed E-state index contributed by atoms with van der Waals surface area (Å²) >= 11 is 0. The average molecular weight is 227 g/mol. The largest absolute Gasteiger partial charge is 0.432 e. The molecule has 0 aliphatic rings. The summed E-state index contributed by atoms with van der Waals surface area (Å²) in [5.74, 6) is 0. The van der Waals surface area contributed by atoms with Crippen LogP contribution in [0.25, 0.3) is 0 Å². The molecule has 16 heavy (non-hydrogen) atoms. The summed E-state index contributed by atoms with van der Waals surface area (Å²) in [7, 11) is 3.83. The summed E-state index contributed by atoms with van der Waals surface area (Å²) in [6.07, 6.45) is 1.93. The molecule has 0 bridgehead atoms. The zero-order valence-electron chi connectivity index (χ0n) is 10.5. The topological polar surface area (TPSA) is 50.5 Å². The van der Waals surface area contributed by atoms with Gasteiger partial charge in [0.2, 0.25) is 0 Å². The Labute approximate surface area is 96.8 Å². The monoisotopic (exact) mass is 227 g/mol. The number of likely N-dealkylation sites (N-methyl/N-ethyl adjacent to an activating group) is 1. The van der Waals surface area contributed by atoms with Gasteiger partial charge >= 0.3 is 0 Å². The van der Waals surface area contributed by atoms with E-state index in [1.807, 2.05) is 32.8 Å².